The van der Waals surface area contributed by atoms with E-state index in [0.29, 0.717) is 25.9 Å². The van der Waals surface area contributed by atoms with Crippen LogP contribution in [0.4, 0.5) is 0 Å². The third-order valence-corrected chi connectivity index (χ3v) is 6.31. The average molecular weight is 391 g/mol. The van der Waals surface area contributed by atoms with Crippen LogP contribution in [0.3, 0.4) is 0 Å². The fraction of sp³-hybridized carbons (Fsp3) is 0.391. The third-order valence-electron chi connectivity index (χ3n) is 6.31. The molecule has 2 aromatic rings. The Morgan fingerprint density at radius 3 is 2.59 bits per heavy atom. The first-order valence-corrected chi connectivity index (χ1v) is 10.1. The largest absolute Gasteiger partial charge is 0.493 e. The van der Waals surface area contributed by atoms with E-state index in [-0.39, 0.29) is 11.9 Å². The number of piperidine rings is 1. The van der Waals surface area contributed by atoms with E-state index in [4.69, 9.17) is 14.6 Å². The number of methoxy groups -OCH3 is 1. The van der Waals surface area contributed by atoms with Gasteiger partial charge in [-0.05, 0) is 11.6 Å². The van der Waals surface area contributed by atoms with Crippen molar-refractivity contribution in [2.45, 2.75) is 38.0 Å². The van der Waals surface area contributed by atoms with Crippen molar-refractivity contribution in [3.05, 3.63) is 59.7 Å². The number of hydrogen-bond donors (Lipinski definition) is 0. The van der Waals surface area contributed by atoms with E-state index in [2.05, 4.69) is 23.2 Å². The minimum atomic E-state index is -0.561. The Balaban J connectivity index is 1.58. The van der Waals surface area contributed by atoms with Crippen LogP contribution < -0.4 is 9.47 Å². The molecule has 0 unspecified atom stereocenters. The predicted octanol–water partition coefficient (Wildman–Crippen LogP) is 3.58. The Kier molecular flexibility index (Phi) is 4.23. The second-order valence-electron chi connectivity index (χ2n) is 7.91. The molecule has 3 aliphatic heterocycles. The van der Waals surface area contributed by atoms with E-state index in [1.54, 1.807) is 14.0 Å². The van der Waals surface area contributed by atoms with Crippen molar-refractivity contribution in [2.75, 3.05) is 20.2 Å². The molecule has 6 heteroatoms. The molecule has 5 rings (SSSR count). The highest BCUT2D eigenvalue weighted by atomic mass is 16.5. The van der Waals surface area contributed by atoms with Crippen molar-refractivity contribution in [1.82, 2.24) is 9.91 Å². The molecule has 2 aromatic carbocycles. The number of ether oxygens (including phenoxy) is 2. The number of para-hydroxylation sites is 1. The summed E-state index contributed by atoms with van der Waals surface area (Å²) in [5, 5.41) is 7.22. The van der Waals surface area contributed by atoms with Gasteiger partial charge in [-0.2, -0.15) is 5.10 Å². The van der Waals surface area contributed by atoms with Gasteiger partial charge in [-0.15, -0.1) is 0 Å². The zero-order valence-corrected chi connectivity index (χ0v) is 16.8. The molecular formula is C23H25N3O3. The molecule has 3 heterocycles. The summed E-state index contributed by atoms with van der Waals surface area (Å²) in [4.78, 5) is 13.7. The van der Waals surface area contributed by atoms with Crippen LogP contribution in [0.2, 0.25) is 0 Å². The molecule has 0 aliphatic carbocycles. The van der Waals surface area contributed by atoms with Crippen molar-refractivity contribution in [3.63, 3.8) is 0 Å². The van der Waals surface area contributed by atoms with Gasteiger partial charge in [0.1, 0.15) is 0 Å². The second-order valence-corrected chi connectivity index (χ2v) is 7.91. The van der Waals surface area contributed by atoms with Crippen LogP contribution in [0.25, 0.3) is 0 Å². The molecule has 29 heavy (non-hydrogen) atoms. The summed E-state index contributed by atoms with van der Waals surface area (Å²) in [5.74, 6) is 1.68. The van der Waals surface area contributed by atoms with E-state index in [0.717, 1.165) is 34.8 Å². The maximum atomic E-state index is 11.9. The van der Waals surface area contributed by atoms with Crippen LogP contribution in [0.1, 0.15) is 43.4 Å². The molecule has 1 saturated heterocycles. The van der Waals surface area contributed by atoms with Crippen LogP contribution in [-0.4, -0.2) is 47.5 Å². The standard InChI is InChI=1S/C23H25N3O3/c1-16(27)25-13-11-23(12-14-25)26-20(15-19(24-26)17-7-4-3-5-8-17)18-9-6-10-21(28-2)22(18)29-23/h3-10,20H,11-15H2,1-2H3/t20-/m1/s1. The van der Waals surface area contributed by atoms with E-state index in [1.165, 1.54) is 0 Å². The van der Waals surface area contributed by atoms with E-state index in [9.17, 15) is 4.79 Å². The number of likely N-dealkylation sites (tertiary alicyclic amines) is 1. The smallest absolute Gasteiger partial charge is 0.219 e. The fourth-order valence-corrected chi connectivity index (χ4v) is 4.74. The quantitative estimate of drug-likeness (QED) is 0.785. The average Bonchev–Trinajstić information content (AvgIpc) is 3.21. The number of carbonyl (C=O) groups excluding carboxylic acids is 1. The predicted molar refractivity (Wildman–Crippen MR) is 110 cm³/mol. The normalized spacial score (nSPS) is 21.9. The Morgan fingerprint density at radius 2 is 1.90 bits per heavy atom. The number of hydrazone groups is 1. The van der Waals surface area contributed by atoms with E-state index >= 15 is 0 Å². The van der Waals surface area contributed by atoms with Gasteiger partial charge in [0.2, 0.25) is 11.6 Å². The highest BCUT2D eigenvalue weighted by Gasteiger charge is 2.52. The molecular weight excluding hydrogens is 366 g/mol. The minimum Gasteiger partial charge on any atom is -0.493 e. The molecule has 150 valence electrons. The highest BCUT2D eigenvalue weighted by Crippen LogP contribution is 2.52. The van der Waals surface area contributed by atoms with Gasteiger partial charge in [0.05, 0.1) is 18.9 Å². The number of hydrogen-bond acceptors (Lipinski definition) is 5. The van der Waals surface area contributed by atoms with Gasteiger partial charge < -0.3 is 14.4 Å². The van der Waals surface area contributed by atoms with Crippen LogP contribution in [-0.2, 0) is 4.79 Å². The Bertz CT molecular complexity index is 965. The maximum Gasteiger partial charge on any atom is 0.219 e. The molecule has 6 nitrogen and oxygen atoms in total. The SMILES string of the molecule is COc1cccc2c1OC1(CCN(C(C)=O)CC1)N1N=C(c3ccccc3)C[C@H]21. The lowest BCUT2D eigenvalue weighted by molar-refractivity contribution is -0.159. The van der Waals surface area contributed by atoms with Gasteiger partial charge in [-0.1, -0.05) is 42.5 Å². The lowest BCUT2D eigenvalue weighted by atomic mass is 9.90. The number of fused-ring (bicyclic) bond motifs is 4. The number of amides is 1. The van der Waals surface area contributed by atoms with Gasteiger partial charge in [-0.25, -0.2) is 5.01 Å². The van der Waals surface area contributed by atoms with Crippen LogP contribution in [0.5, 0.6) is 11.5 Å². The Hall–Kier alpha value is -3.02. The molecule has 1 fully saturated rings. The summed E-state index contributed by atoms with van der Waals surface area (Å²) >= 11 is 0. The summed E-state index contributed by atoms with van der Waals surface area (Å²) in [6.07, 6.45) is 2.25. The monoisotopic (exact) mass is 391 g/mol. The van der Waals surface area contributed by atoms with Crippen LogP contribution in [0.15, 0.2) is 53.6 Å². The minimum absolute atomic E-state index is 0.105. The molecule has 3 aliphatic rings. The first-order valence-electron chi connectivity index (χ1n) is 10.1. The van der Waals surface area contributed by atoms with Gasteiger partial charge in [0, 0.05) is 44.8 Å². The highest BCUT2D eigenvalue weighted by molar-refractivity contribution is 6.02. The second kappa shape index (κ2) is 6.79. The number of carbonyl (C=O) groups is 1. The van der Waals surface area contributed by atoms with Crippen molar-refractivity contribution in [2.24, 2.45) is 5.10 Å². The zero-order valence-electron chi connectivity index (χ0n) is 16.8. The van der Waals surface area contributed by atoms with Crippen molar-refractivity contribution in [1.29, 1.82) is 0 Å². The molecule has 1 atom stereocenters. The lowest BCUT2D eigenvalue weighted by Gasteiger charge is -2.51. The number of rotatable bonds is 2. The first-order chi connectivity index (χ1) is 14.1. The Morgan fingerprint density at radius 1 is 1.14 bits per heavy atom. The van der Waals surface area contributed by atoms with Crippen molar-refractivity contribution >= 4 is 11.6 Å². The van der Waals surface area contributed by atoms with Gasteiger partial charge in [-0.3, -0.25) is 4.79 Å². The van der Waals surface area contributed by atoms with Crippen molar-refractivity contribution in [3.8, 4) is 11.5 Å². The van der Waals surface area contributed by atoms with Gasteiger partial charge >= 0.3 is 0 Å². The summed E-state index contributed by atoms with van der Waals surface area (Å²) in [6.45, 7) is 2.96. The van der Waals surface area contributed by atoms with Gasteiger partial charge in [0.25, 0.3) is 0 Å². The molecule has 1 amide bonds. The molecule has 0 saturated carbocycles. The van der Waals surface area contributed by atoms with Crippen molar-refractivity contribution < 1.29 is 14.3 Å². The van der Waals surface area contributed by atoms with Crippen LogP contribution >= 0.6 is 0 Å². The number of benzene rings is 2. The Labute approximate surface area is 170 Å². The molecule has 0 aromatic heterocycles. The van der Waals surface area contributed by atoms with Crippen LogP contribution in [0, 0.1) is 0 Å². The summed E-state index contributed by atoms with van der Waals surface area (Å²) in [6, 6.07) is 16.5. The van der Waals surface area contributed by atoms with Gasteiger partial charge in [0.15, 0.2) is 11.5 Å². The molecule has 0 radical (unpaired) electrons. The summed E-state index contributed by atoms with van der Waals surface area (Å²) in [7, 11) is 1.68. The molecule has 0 N–H and O–H groups in total. The first kappa shape index (κ1) is 18.0. The summed E-state index contributed by atoms with van der Waals surface area (Å²) < 4.78 is 12.3. The summed E-state index contributed by atoms with van der Waals surface area (Å²) in [5.41, 5.74) is 2.76. The third kappa shape index (κ3) is 2.85. The zero-order chi connectivity index (χ0) is 20.0. The topological polar surface area (TPSA) is 54.4 Å². The lowest BCUT2D eigenvalue weighted by Crippen LogP contribution is -2.59. The maximum absolute atomic E-state index is 11.9. The number of nitrogens with zero attached hydrogens (tertiary/aromatic N) is 3. The van der Waals surface area contributed by atoms with E-state index in [1.807, 2.05) is 35.2 Å². The fourth-order valence-electron chi connectivity index (χ4n) is 4.74. The molecule has 1 spiro atoms. The molecule has 0 bridgehead atoms. The van der Waals surface area contributed by atoms with E-state index < -0.39 is 5.72 Å².